The van der Waals surface area contributed by atoms with Crippen molar-refractivity contribution in [2.75, 3.05) is 7.11 Å². The number of rotatable bonds is 5. The second-order valence-corrected chi connectivity index (χ2v) is 5.56. The first-order valence-electron chi connectivity index (χ1n) is 7.22. The van der Waals surface area contributed by atoms with E-state index in [0.717, 1.165) is 37.7 Å². The minimum Gasteiger partial charge on any atom is -0.370 e. The Morgan fingerprint density at radius 1 is 1.37 bits per heavy atom. The Balaban J connectivity index is 1.96. The molecule has 0 N–H and O–H groups in total. The van der Waals surface area contributed by atoms with Crippen molar-refractivity contribution in [3.8, 4) is 0 Å². The summed E-state index contributed by atoms with van der Waals surface area (Å²) >= 11 is 0. The number of Topliss-reactive ketones (excluding diaryl/α,β-unsaturated/α-hetero) is 1. The number of hydrogen-bond acceptors (Lipinski definition) is 3. The molecule has 1 aliphatic carbocycles. The summed E-state index contributed by atoms with van der Waals surface area (Å²) in [5.41, 5.74) is 0.606. The molecule has 1 saturated carbocycles. The van der Waals surface area contributed by atoms with Gasteiger partial charge in [0, 0.05) is 26.8 Å². The van der Waals surface area contributed by atoms with Crippen LogP contribution in [0, 0.1) is 0 Å². The summed E-state index contributed by atoms with van der Waals surface area (Å²) in [7, 11) is 3.58. The van der Waals surface area contributed by atoms with Crippen LogP contribution in [0.5, 0.6) is 0 Å². The summed E-state index contributed by atoms with van der Waals surface area (Å²) in [6.45, 7) is 0. The molecule has 2 rings (SSSR count). The van der Waals surface area contributed by atoms with E-state index in [1.165, 1.54) is 12.8 Å². The van der Waals surface area contributed by atoms with Crippen LogP contribution in [0.4, 0.5) is 0 Å². The van der Waals surface area contributed by atoms with Gasteiger partial charge in [-0.15, -0.1) is 0 Å². The van der Waals surface area contributed by atoms with Gasteiger partial charge in [0.1, 0.15) is 5.60 Å². The molecule has 106 valence electrons. The van der Waals surface area contributed by atoms with Gasteiger partial charge in [-0.2, -0.15) is 5.10 Å². The third-order valence-electron chi connectivity index (χ3n) is 4.21. The quantitative estimate of drug-likeness (QED) is 0.768. The van der Waals surface area contributed by atoms with E-state index < -0.39 is 5.60 Å². The molecule has 0 aromatic carbocycles. The molecule has 19 heavy (non-hydrogen) atoms. The van der Waals surface area contributed by atoms with Gasteiger partial charge in [-0.1, -0.05) is 25.7 Å². The average molecular weight is 264 g/mol. The Morgan fingerprint density at radius 3 is 2.58 bits per heavy atom. The first kappa shape index (κ1) is 14.3. The first-order valence-corrected chi connectivity index (χ1v) is 7.22. The second kappa shape index (κ2) is 6.33. The van der Waals surface area contributed by atoms with E-state index in [1.807, 2.05) is 19.4 Å². The van der Waals surface area contributed by atoms with E-state index >= 15 is 0 Å². The van der Waals surface area contributed by atoms with Gasteiger partial charge in [-0.3, -0.25) is 9.48 Å². The van der Waals surface area contributed by atoms with Gasteiger partial charge < -0.3 is 4.74 Å². The van der Waals surface area contributed by atoms with E-state index in [1.54, 1.807) is 11.8 Å². The van der Waals surface area contributed by atoms with Crippen LogP contribution < -0.4 is 0 Å². The summed E-state index contributed by atoms with van der Waals surface area (Å²) in [5.74, 6) is 0.265. The summed E-state index contributed by atoms with van der Waals surface area (Å²) in [6, 6.07) is 0. The number of methoxy groups -OCH3 is 1. The zero-order chi connectivity index (χ0) is 13.7. The number of carbonyl (C=O) groups excluding carboxylic acids is 1. The van der Waals surface area contributed by atoms with Crippen LogP contribution in [-0.2, 0) is 23.0 Å². The fraction of sp³-hybridized carbons (Fsp3) is 0.733. The Labute approximate surface area is 115 Å². The molecule has 0 saturated heterocycles. The number of aryl methyl sites for hydroxylation is 2. The number of nitrogens with zero attached hydrogens (tertiary/aromatic N) is 2. The molecule has 4 heteroatoms. The maximum Gasteiger partial charge on any atom is 0.164 e. The van der Waals surface area contributed by atoms with Gasteiger partial charge in [0.2, 0.25) is 0 Å². The van der Waals surface area contributed by atoms with Crippen molar-refractivity contribution in [1.29, 1.82) is 0 Å². The number of hydrogen-bond donors (Lipinski definition) is 0. The number of carbonyl (C=O) groups is 1. The van der Waals surface area contributed by atoms with Gasteiger partial charge in [0.15, 0.2) is 5.78 Å². The molecule has 1 heterocycles. The van der Waals surface area contributed by atoms with E-state index in [4.69, 9.17) is 4.74 Å². The van der Waals surface area contributed by atoms with Gasteiger partial charge in [0.25, 0.3) is 0 Å². The van der Waals surface area contributed by atoms with Crippen molar-refractivity contribution in [1.82, 2.24) is 9.78 Å². The SMILES string of the molecule is COC1(C(=O)CCc2cnn(C)c2)CCCCCC1. The fourth-order valence-corrected chi connectivity index (χ4v) is 2.98. The van der Waals surface area contributed by atoms with Crippen LogP contribution in [-0.4, -0.2) is 28.3 Å². The maximum atomic E-state index is 12.5. The molecule has 0 spiro atoms. The highest BCUT2D eigenvalue weighted by molar-refractivity contribution is 5.87. The molecule has 1 aromatic rings. The predicted molar refractivity (Wildman–Crippen MR) is 74.0 cm³/mol. The Hall–Kier alpha value is -1.16. The van der Waals surface area contributed by atoms with Gasteiger partial charge in [-0.25, -0.2) is 0 Å². The lowest BCUT2D eigenvalue weighted by Gasteiger charge is -2.29. The van der Waals surface area contributed by atoms with Crippen LogP contribution in [0.3, 0.4) is 0 Å². The lowest BCUT2D eigenvalue weighted by Crippen LogP contribution is -2.40. The molecule has 0 atom stereocenters. The summed E-state index contributed by atoms with van der Waals surface area (Å²) < 4.78 is 7.42. The van der Waals surface area contributed by atoms with Crippen molar-refractivity contribution in [3.05, 3.63) is 18.0 Å². The molecule has 4 nitrogen and oxygen atoms in total. The molecular formula is C15H24N2O2. The largest absolute Gasteiger partial charge is 0.370 e. The zero-order valence-corrected chi connectivity index (χ0v) is 12.0. The first-order chi connectivity index (χ1) is 9.16. The van der Waals surface area contributed by atoms with Crippen LogP contribution >= 0.6 is 0 Å². The van der Waals surface area contributed by atoms with Gasteiger partial charge in [0.05, 0.1) is 6.20 Å². The van der Waals surface area contributed by atoms with Crippen molar-refractivity contribution >= 4 is 5.78 Å². The molecule has 0 aliphatic heterocycles. The average Bonchev–Trinajstić information content (AvgIpc) is 2.69. The molecule has 0 amide bonds. The van der Waals surface area contributed by atoms with Crippen molar-refractivity contribution < 1.29 is 9.53 Å². The van der Waals surface area contributed by atoms with E-state index in [-0.39, 0.29) is 5.78 Å². The highest BCUT2D eigenvalue weighted by Gasteiger charge is 2.37. The highest BCUT2D eigenvalue weighted by atomic mass is 16.5. The third kappa shape index (κ3) is 3.44. The number of aromatic nitrogens is 2. The molecule has 1 aliphatic rings. The Kier molecular flexibility index (Phi) is 4.75. The second-order valence-electron chi connectivity index (χ2n) is 5.56. The van der Waals surface area contributed by atoms with Gasteiger partial charge in [-0.05, 0) is 24.8 Å². The van der Waals surface area contributed by atoms with Crippen LogP contribution in [0.1, 0.15) is 50.5 Å². The standard InChI is InChI=1S/C15H24N2O2/c1-17-12-13(11-16-17)7-8-14(18)15(19-2)9-5-3-4-6-10-15/h11-12H,3-10H2,1-2H3. The molecular weight excluding hydrogens is 240 g/mol. The maximum absolute atomic E-state index is 12.5. The third-order valence-corrected chi connectivity index (χ3v) is 4.21. The topological polar surface area (TPSA) is 44.1 Å². The molecule has 0 bridgehead atoms. The number of ether oxygens (including phenoxy) is 1. The summed E-state index contributed by atoms with van der Waals surface area (Å²) in [4.78, 5) is 12.5. The summed E-state index contributed by atoms with van der Waals surface area (Å²) in [6.07, 6.45) is 11.5. The predicted octanol–water partition coefficient (Wildman–Crippen LogP) is 2.66. The van der Waals surface area contributed by atoms with E-state index in [2.05, 4.69) is 5.10 Å². The Bertz CT molecular complexity index is 418. The van der Waals surface area contributed by atoms with Crippen LogP contribution in [0.2, 0.25) is 0 Å². The molecule has 1 aromatic heterocycles. The smallest absolute Gasteiger partial charge is 0.164 e. The molecule has 1 fully saturated rings. The van der Waals surface area contributed by atoms with Gasteiger partial charge >= 0.3 is 0 Å². The van der Waals surface area contributed by atoms with Crippen LogP contribution in [0.25, 0.3) is 0 Å². The fourth-order valence-electron chi connectivity index (χ4n) is 2.98. The number of ketones is 1. The van der Waals surface area contributed by atoms with E-state index in [0.29, 0.717) is 6.42 Å². The highest BCUT2D eigenvalue weighted by Crippen LogP contribution is 2.32. The Morgan fingerprint density at radius 2 is 2.05 bits per heavy atom. The van der Waals surface area contributed by atoms with E-state index in [9.17, 15) is 4.79 Å². The normalized spacial score (nSPS) is 19.1. The van der Waals surface area contributed by atoms with Crippen molar-refractivity contribution in [2.24, 2.45) is 7.05 Å². The molecule has 0 radical (unpaired) electrons. The minimum absolute atomic E-state index is 0.265. The lowest BCUT2D eigenvalue weighted by atomic mass is 9.86. The van der Waals surface area contributed by atoms with Crippen LogP contribution in [0.15, 0.2) is 12.4 Å². The lowest BCUT2D eigenvalue weighted by molar-refractivity contribution is -0.142. The molecule has 0 unspecified atom stereocenters. The van der Waals surface area contributed by atoms with Crippen molar-refractivity contribution in [3.63, 3.8) is 0 Å². The monoisotopic (exact) mass is 264 g/mol. The minimum atomic E-state index is -0.515. The van der Waals surface area contributed by atoms with Crippen molar-refractivity contribution in [2.45, 2.75) is 57.0 Å². The summed E-state index contributed by atoms with van der Waals surface area (Å²) in [5, 5.41) is 4.13. The zero-order valence-electron chi connectivity index (χ0n) is 12.0.